The van der Waals surface area contributed by atoms with E-state index < -0.39 is 0 Å². The molecule has 7 rings (SSSR count). The Morgan fingerprint density at radius 2 is 1.57 bits per heavy atom. The summed E-state index contributed by atoms with van der Waals surface area (Å²) < 4.78 is 2.24. The van der Waals surface area contributed by atoms with Gasteiger partial charge in [-0.3, -0.25) is 14.4 Å². The number of hydrogen-bond acceptors (Lipinski definition) is 3. The molecule has 4 nitrogen and oxygen atoms in total. The number of benzene rings is 2. The molecule has 0 saturated heterocycles. The molecule has 0 amide bonds. The summed E-state index contributed by atoms with van der Waals surface area (Å²) >= 11 is 0. The minimum absolute atomic E-state index is 0.941. The smallest absolute Gasteiger partial charge is 0.148 e. The molecule has 1 aliphatic rings. The van der Waals surface area contributed by atoms with Crippen molar-refractivity contribution in [1.29, 1.82) is 0 Å². The van der Waals surface area contributed by atoms with Gasteiger partial charge in [0, 0.05) is 34.9 Å². The van der Waals surface area contributed by atoms with Crippen LogP contribution >= 0.6 is 0 Å². The third-order valence-corrected chi connectivity index (χ3v) is 5.97. The number of fused-ring (bicyclic) bond motifs is 12. The Labute approximate surface area is 160 Å². The molecule has 2 aromatic carbocycles. The molecule has 0 fully saturated rings. The van der Waals surface area contributed by atoms with Crippen LogP contribution in [0.4, 0.5) is 0 Å². The van der Waals surface area contributed by atoms with Gasteiger partial charge in [0.15, 0.2) is 0 Å². The van der Waals surface area contributed by atoms with Crippen LogP contribution in [0.5, 0.6) is 0 Å². The molecule has 0 unspecified atom stereocenters. The van der Waals surface area contributed by atoms with Crippen molar-refractivity contribution in [2.75, 3.05) is 0 Å². The van der Waals surface area contributed by atoms with Gasteiger partial charge in [0.05, 0.1) is 22.7 Å². The minimum atomic E-state index is 0.941. The van der Waals surface area contributed by atoms with E-state index in [0.29, 0.717) is 0 Å². The third-order valence-electron chi connectivity index (χ3n) is 5.97. The summed E-state index contributed by atoms with van der Waals surface area (Å²) in [5, 5.41) is 3.39. The van der Waals surface area contributed by atoms with Crippen molar-refractivity contribution < 1.29 is 0 Å². The van der Waals surface area contributed by atoms with E-state index in [4.69, 9.17) is 4.98 Å². The van der Waals surface area contributed by atoms with Gasteiger partial charge >= 0.3 is 0 Å². The van der Waals surface area contributed by atoms with Gasteiger partial charge in [-0.25, -0.2) is 4.98 Å². The number of hydrogen-bond donors (Lipinski definition) is 0. The Bertz CT molecular complexity index is 1590. The molecule has 0 saturated carbocycles. The zero-order chi connectivity index (χ0) is 18.2. The first-order chi connectivity index (χ1) is 13.9. The van der Waals surface area contributed by atoms with Crippen LogP contribution in [0, 0.1) is 0 Å². The average Bonchev–Trinajstić information content (AvgIpc) is 3.32. The van der Waals surface area contributed by atoms with Gasteiger partial charge in [0.1, 0.15) is 5.65 Å². The molecule has 0 bridgehead atoms. The summed E-state index contributed by atoms with van der Waals surface area (Å²) in [5.74, 6) is 0. The quantitative estimate of drug-likeness (QED) is 0.352. The highest BCUT2D eigenvalue weighted by atomic mass is 15.0. The van der Waals surface area contributed by atoms with Gasteiger partial charge in [-0.15, -0.1) is 0 Å². The number of pyridine rings is 3. The summed E-state index contributed by atoms with van der Waals surface area (Å²) in [6, 6.07) is 17.3. The Kier molecular flexibility index (Phi) is 2.51. The van der Waals surface area contributed by atoms with Gasteiger partial charge in [-0.05, 0) is 46.7 Å². The highest BCUT2D eigenvalue weighted by molar-refractivity contribution is 6.14. The number of imidazole rings is 1. The summed E-state index contributed by atoms with van der Waals surface area (Å²) in [4.78, 5) is 13.9. The van der Waals surface area contributed by atoms with E-state index in [1.54, 1.807) is 0 Å². The molecule has 28 heavy (non-hydrogen) atoms. The topological polar surface area (TPSA) is 43.1 Å². The second-order valence-electron chi connectivity index (χ2n) is 7.39. The third kappa shape index (κ3) is 1.63. The maximum Gasteiger partial charge on any atom is 0.148 e. The second-order valence-corrected chi connectivity index (χ2v) is 7.39. The van der Waals surface area contributed by atoms with Gasteiger partial charge in [0.2, 0.25) is 0 Å². The Morgan fingerprint density at radius 1 is 0.714 bits per heavy atom. The fourth-order valence-corrected chi connectivity index (χ4v) is 4.78. The van der Waals surface area contributed by atoms with Gasteiger partial charge in [-0.2, -0.15) is 0 Å². The lowest BCUT2D eigenvalue weighted by Gasteiger charge is -2.08. The molecule has 0 radical (unpaired) electrons. The van der Waals surface area contributed by atoms with Crippen molar-refractivity contribution in [3.8, 4) is 11.1 Å². The lowest BCUT2D eigenvalue weighted by atomic mass is 10.0. The van der Waals surface area contributed by atoms with Crippen molar-refractivity contribution in [2.24, 2.45) is 0 Å². The van der Waals surface area contributed by atoms with Crippen LogP contribution in [0.3, 0.4) is 0 Å². The SMILES string of the molecule is c1ccc2c(c1)Cc1ccc3c(nc4c5cnccc5c5ccncc5n34)c1-2. The van der Waals surface area contributed by atoms with E-state index in [1.807, 2.05) is 24.8 Å². The van der Waals surface area contributed by atoms with Crippen molar-refractivity contribution in [3.05, 3.63) is 84.4 Å². The van der Waals surface area contributed by atoms with Crippen molar-refractivity contribution >= 4 is 38.4 Å². The van der Waals surface area contributed by atoms with Crippen molar-refractivity contribution in [3.63, 3.8) is 0 Å². The Hall–Kier alpha value is -3.79. The molecule has 4 heterocycles. The molecule has 0 aliphatic heterocycles. The highest BCUT2D eigenvalue weighted by Gasteiger charge is 2.24. The summed E-state index contributed by atoms with van der Waals surface area (Å²) in [6.45, 7) is 0. The first-order valence-corrected chi connectivity index (χ1v) is 9.42. The summed E-state index contributed by atoms with van der Waals surface area (Å²) in [6.07, 6.45) is 8.52. The van der Waals surface area contributed by atoms with E-state index in [2.05, 4.69) is 62.9 Å². The first-order valence-electron chi connectivity index (χ1n) is 9.42. The van der Waals surface area contributed by atoms with Crippen LogP contribution in [0.15, 0.2) is 73.3 Å². The monoisotopic (exact) mass is 358 g/mol. The van der Waals surface area contributed by atoms with Crippen LogP contribution in [-0.2, 0) is 6.42 Å². The largest absolute Gasteiger partial charge is 0.290 e. The van der Waals surface area contributed by atoms with E-state index >= 15 is 0 Å². The second kappa shape index (κ2) is 4.93. The highest BCUT2D eigenvalue weighted by Crippen LogP contribution is 2.42. The molecule has 0 N–H and O–H groups in total. The predicted molar refractivity (Wildman–Crippen MR) is 112 cm³/mol. The molecular weight excluding hydrogens is 344 g/mol. The standard InChI is InChI=1S/C24H14N4/c1-2-4-16-14(3-1)11-15-5-6-20-23(22(15)16)27-24-19-12-25-9-7-17(19)18-8-10-26-13-21(18)28(20)24/h1-10,12-13H,11H2. The molecule has 0 spiro atoms. The van der Waals surface area contributed by atoms with Crippen LogP contribution in [-0.4, -0.2) is 19.4 Å². The van der Waals surface area contributed by atoms with E-state index in [0.717, 1.165) is 39.4 Å². The average molecular weight is 358 g/mol. The zero-order valence-corrected chi connectivity index (χ0v) is 14.9. The van der Waals surface area contributed by atoms with Crippen LogP contribution in [0.1, 0.15) is 11.1 Å². The molecule has 6 aromatic rings. The number of aromatic nitrogens is 4. The number of nitrogens with zero attached hydrogens (tertiary/aromatic N) is 4. The fraction of sp³-hybridized carbons (Fsp3) is 0.0417. The lowest BCUT2D eigenvalue weighted by Crippen LogP contribution is -1.92. The van der Waals surface area contributed by atoms with Crippen molar-refractivity contribution in [1.82, 2.24) is 19.4 Å². The molecular formula is C24H14N4. The summed E-state index contributed by atoms with van der Waals surface area (Å²) in [5.41, 5.74) is 9.49. The molecule has 4 aromatic heterocycles. The van der Waals surface area contributed by atoms with Crippen molar-refractivity contribution in [2.45, 2.75) is 6.42 Å². The maximum atomic E-state index is 5.16. The predicted octanol–water partition coefficient (Wildman–Crippen LogP) is 5.16. The van der Waals surface area contributed by atoms with E-state index in [1.165, 1.54) is 27.6 Å². The zero-order valence-electron chi connectivity index (χ0n) is 14.9. The van der Waals surface area contributed by atoms with Crippen LogP contribution in [0.25, 0.3) is 49.5 Å². The molecule has 1 aliphatic carbocycles. The van der Waals surface area contributed by atoms with Gasteiger partial charge in [-0.1, -0.05) is 30.3 Å². The molecule has 130 valence electrons. The maximum absolute atomic E-state index is 5.16. The fourth-order valence-electron chi connectivity index (χ4n) is 4.78. The van der Waals surface area contributed by atoms with Gasteiger partial charge in [0.25, 0.3) is 0 Å². The molecule has 0 atom stereocenters. The minimum Gasteiger partial charge on any atom is -0.290 e. The number of rotatable bonds is 0. The van der Waals surface area contributed by atoms with Gasteiger partial charge < -0.3 is 0 Å². The summed E-state index contributed by atoms with van der Waals surface area (Å²) in [7, 11) is 0. The normalized spacial score (nSPS) is 12.9. The lowest BCUT2D eigenvalue weighted by molar-refractivity contribution is 1.25. The van der Waals surface area contributed by atoms with Crippen LogP contribution < -0.4 is 0 Å². The Balaban J connectivity index is 1.77. The van der Waals surface area contributed by atoms with Crippen LogP contribution in [0.2, 0.25) is 0 Å². The van der Waals surface area contributed by atoms with E-state index in [9.17, 15) is 0 Å². The molecule has 4 heteroatoms. The Morgan fingerprint density at radius 3 is 2.54 bits per heavy atom. The van der Waals surface area contributed by atoms with E-state index in [-0.39, 0.29) is 0 Å². The first kappa shape index (κ1) is 14.3.